The van der Waals surface area contributed by atoms with Gasteiger partial charge in [-0.1, -0.05) is 30.3 Å². The van der Waals surface area contributed by atoms with Crippen molar-refractivity contribution in [2.24, 2.45) is 5.10 Å². The third-order valence-corrected chi connectivity index (χ3v) is 4.29. The molecule has 2 aliphatic heterocycles. The Hall–Kier alpha value is -2.25. The van der Waals surface area contributed by atoms with Crippen LogP contribution in [0.5, 0.6) is 0 Å². The van der Waals surface area contributed by atoms with Gasteiger partial charge in [-0.05, 0) is 5.56 Å². The number of hydrogen-bond donors (Lipinski definition) is 2. The Morgan fingerprint density at radius 2 is 2.16 bits per heavy atom. The molecule has 2 N–H and O–H groups in total. The number of hydrogen-bond acceptors (Lipinski definition) is 5. The number of amides is 2. The zero-order chi connectivity index (χ0) is 17.5. The van der Waals surface area contributed by atoms with Crippen LogP contribution in [0.3, 0.4) is 0 Å². The summed E-state index contributed by atoms with van der Waals surface area (Å²) in [4.78, 5) is 24.0. The van der Waals surface area contributed by atoms with E-state index in [1.165, 1.54) is 5.01 Å². The summed E-state index contributed by atoms with van der Waals surface area (Å²) in [5.74, 6) is -0.0454. The molecule has 1 aromatic carbocycles. The molecule has 1 saturated heterocycles. The number of ether oxygens (including phenoxy) is 1. The fourth-order valence-electron chi connectivity index (χ4n) is 2.96. The van der Waals surface area contributed by atoms with Crippen LogP contribution in [0.4, 0.5) is 0 Å². The standard InChI is InChI=1S/C18H24N4O3/c23-17(12-15-13-25-11-9-19-15)20-8-10-22-18(24)7-6-16(21-22)14-4-2-1-3-5-14/h1-5,15,19H,6-13H2,(H,20,23)/t15-/m0/s1. The molecule has 1 atom stereocenters. The SMILES string of the molecule is O=C(C[C@H]1COCCN1)NCCN1N=C(c2ccccc2)CCC1=O. The summed E-state index contributed by atoms with van der Waals surface area (Å²) in [6.07, 6.45) is 1.48. The van der Waals surface area contributed by atoms with E-state index in [1.54, 1.807) is 0 Å². The predicted octanol–water partition coefficient (Wildman–Crippen LogP) is 0.508. The molecule has 2 amide bonds. The Morgan fingerprint density at radius 1 is 1.32 bits per heavy atom. The molecule has 7 nitrogen and oxygen atoms in total. The Labute approximate surface area is 147 Å². The minimum atomic E-state index is -0.0419. The normalized spacial score (nSPS) is 21.0. The van der Waals surface area contributed by atoms with Gasteiger partial charge in [-0.15, -0.1) is 0 Å². The lowest BCUT2D eigenvalue weighted by Gasteiger charge is -2.25. The van der Waals surface area contributed by atoms with Gasteiger partial charge >= 0.3 is 0 Å². The second kappa shape index (κ2) is 8.73. The van der Waals surface area contributed by atoms with Crippen LogP contribution in [0, 0.1) is 0 Å². The summed E-state index contributed by atoms with van der Waals surface area (Å²) < 4.78 is 5.34. The molecule has 134 valence electrons. The van der Waals surface area contributed by atoms with Crippen LogP contribution in [-0.4, -0.2) is 61.4 Å². The van der Waals surface area contributed by atoms with Crippen LogP contribution < -0.4 is 10.6 Å². The summed E-state index contributed by atoms with van der Waals surface area (Å²) in [6.45, 7) is 2.80. The number of rotatable bonds is 6. The summed E-state index contributed by atoms with van der Waals surface area (Å²) in [5.41, 5.74) is 1.95. The molecule has 3 rings (SSSR count). The molecular formula is C18H24N4O3. The van der Waals surface area contributed by atoms with Gasteiger partial charge < -0.3 is 15.4 Å². The third kappa shape index (κ3) is 5.11. The summed E-state index contributed by atoms with van der Waals surface area (Å²) in [5, 5.41) is 12.0. The van der Waals surface area contributed by atoms with Crippen LogP contribution in [-0.2, 0) is 14.3 Å². The molecule has 0 bridgehead atoms. The van der Waals surface area contributed by atoms with E-state index >= 15 is 0 Å². The molecule has 0 aliphatic carbocycles. The smallest absolute Gasteiger partial charge is 0.243 e. The number of benzene rings is 1. The molecule has 0 unspecified atom stereocenters. The summed E-state index contributed by atoms with van der Waals surface area (Å²) in [7, 11) is 0. The van der Waals surface area contributed by atoms with E-state index in [4.69, 9.17) is 4.74 Å². The van der Waals surface area contributed by atoms with Gasteiger partial charge in [-0.2, -0.15) is 5.10 Å². The largest absolute Gasteiger partial charge is 0.378 e. The summed E-state index contributed by atoms with van der Waals surface area (Å²) in [6, 6.07) is 9.93. The zero-order valence-corrected chi connectivity index (χ0v) is 14.2. The van der Waals surface area contributed by atoms with Crippen molar-refractivity contribution in [3.63, 3.8) is 0 Å². The fourth-order valence-corrected chi connectivity index (χ4v) is 2.96. The van der Waals surface area contributed by atoms with Crippen molar-refractivity contribution < 1.29 is 14.3 Å². The third-order valence-electron chi connectivity index (χ3n) is 4.29. The van der Waals surface area contributed by atoms with Crippen molar-refractivity contribution in [1.29, 1.82) is 0 Å². The number of nitrogens with zero attached hydrogens (tertiary/aromatic N) is 2. The van der Waals surface area contributed by atoms with Crippen molar-refractivity contribution in [1.82, 2.24) is 15.6 Å². The molecule has 2 heterocycles. The van der Waals surface area contributed by atoms with Gasteiger partial charge in [-0.25, -0.2) is 5.01 Å². The lowest BCUT2D eigenvalue weighted by atomic mass is 10.0. The quantitative estimate of drug-likeness (QED) is 0.788. The lowest BCUT2D eigenvalue weighted by Crippen LogP contribution is -2.45. The number of morpholine rings is 1. The van der Waals surface area contributed by atoms with E-state index < -0.39 is 0 Å². The molecule has 0 saturated carbocycles. The Balaban J connectivity index is 1.47. The molecule has 25 heavy (non-hydrogen) atoms. The molecule has 1 fully saturated rings. The first-order valence-electron chi connectivity index (χ1n) is 8.73. The van der Waals surface area contributed by atoms with Crippen molar-refractivity contribution in [2.45, 2.75) is 25.3 Å². The van der Waals surface area contributed by atoms with E-state index in [2.05, 4.69) is 15.7 Å². The van der Waals surface area contributed by atoms with E-state index in [-0.39, 0.29) is 17.9 Å². The first kappa shape index (κ1) is 17.6. The topological polar surface area (TPSA) is 83.0 Å². The van der Waals surface area contributed by atoms with E-state index in [0.29, 0.717) is 45.6 Å². The van der Waals surface area contributed by atoms with Crippen molar-refractivity contribution in [2.75, 3.05) is 32.8 Å². The molecule has 1 aromatic rings. The average Bonchev–Trinajstić information content (AvgIpc) is 2.65. The highest BCUT2D eigenvalue weighted by atomic mass is 16.5. The molecule has 2 aliphatic rings. The molecule has 7 heteroatoms. The van der Waals surface area contributed by atoms with Gasteiger partial charge in [0, 0.05) is 38.4 Å². The van der Waals surface area contributed by atoms with Gasteiger partial charge in [0.05, 0.1) is 25.5 Å². The van der Waals surface area contributed by atoms with Crippen molar-refractivity contribution in [3.8, 4) is 0 Å². The number of carbonyl (C=O) groups excluding carboxylic acids is 2. The van der Waals surface area contributed by atoms with Crippen LogP contribution in [0.1, 0.15) is 24.8 Å². The molecular weight excluding hydrogens is 320 g/mol. The number of nitrogens with one attached hydrogen (secondary N) is 2. The number of hydrazone groups is 1. The Kier molecular flexibility index (Phi) is 6.14. The minimum absolute atomic E-state index is 0.00345. The van der Waals surface area contributed by atoms with Crippen LogP contribution in [0.25, 0.3) is 0 Å². The second-order valence-corrected chi connectivity index (χ2v) is 6.21. The highest BCUT2D eigenvalue weighted by molar-refractivity contribution is 6.04. The average molecular weight is 344 g/mol. The Bertz CT molecular complexity index is 626. The van der Waals surface area contributed by atoms with Crippen LogP contribution >= 0.6 is 0 Å². The van der Waals surface area contributed by atoms with Crippen molar-refractivity contribution in [3.05, 3.63) is 35.9 Å². The Morgan fingerprint density at radius 3 is 2.92 bits per heavy atom. The predicted molar refractivity (Wildman–Crippen MR) is 94.2 cm³/mol. The highest BCUT2D eigenvalue weighted by Gasteiger charge is 2.21. The second-order valence-electron chi connectivity index (χ2n) is 6.21. The maximum Gasteiger partial charge on any atom is 0.243 e. The first-order chi connectivity index (χ1) is 12.2. The van der Waals surface area contributed by atoms with Gasteiger partial charge in [0.15, 0.2) is 0 Å². The van der Waals surface area contributed by atoms with E-state index in [0.717, 1.165) is 17.8 Å². The van der Waals surface area contributed by atoms with Crippen LogP contribution in [0.2, 0.25) is 0 Å². The lowest BCUT2D eigenvalue weighted by molar-refractivity contribution is -0.132. The highest BCUT2D eigenvalue weighted by Crippen LogP contribution is 2.14. The maximum absolute atomic E-state index is 12.0. The van der Waals surface area contributed by atoms with Gasteiger partial charge in [0.1, 0.15) is 0 Å². The molecule has 0 spiro atoms. The monoisotopic (exact) mass is 344 g/mol. The fraction of sp³-hybridized carbons (Fsp3) is 0.500. The maximum atomic E-state index is 12.0. The van der Waals surface area contributed by atoms with Crippen molar-refractivity contribution >= 4 is 17.5 Å². The summed E-state index contributed by atoms with van der Waals surface area (Å²) >= 11 is 0. The van der Waals surface area contributed by atoms with Crippen LogP contribution in [0.15, 0.2) is 35.4 Å². The molecule has 0 aromatic heterocycles. The first-order valence-corrected chi connectivity index (χ1v) is 8.73. The molecule has 0 radical (unpaired) electrons. The van der Waals surface area contributed by atoms with E-state index in [1.807, 2.05) is 30.3 Å². The zero-order valence-electron chi connectivity index (χ0n) is 14.2. The number of carbonyl (C=O) groups is 2. The minimum Gasteiger partial charge on any atom is -0.378 e. The van der Waals surface area contributed by atoms with E-state index in [9.17, 15) is 9.59 Å². The van der Waals surface area contributed by atoms with Gasteiger partial charge in [0.2, 0.25) is 11.8 Å². The van der Waals surface area contributed by atoms with Gasteiger partial charge in [-0.3, -0.25) is 9.59 Å². The van der Waals surface area contributed by atoms with Gasteiger partial charge in [0.25, 0.3) is 0 Å².